The summed E-state index contributed by atoms with van der Waals surface area (Å²) in [5.41, 5.74) is 4.38. The lowest BCUT2D eigenvalue weighted by atomic mass is 9.93. The SMILES string of the molecule is Oc1ccc2ccccc2c1-c1c(O)ccc2c1c1ccccc1n2-c1ccccc1. The summed E-state index contributed by atoms with van der Waals surface area (Å²) in [5.74, 6) is 0.299. The molecule has 6 rings (SSSR count). The standard InChI is InChI=1S/C28H19NO2/c30-24-16-14-18-8-4-5-11-20(18)27(24)28-25(31)17-15-23-26(28)21-12-6-7-13-22(21)29(23)19-9-2-1-3-10-19/h1-17,30-31H. The number of hydrogen-bond donors (Lipinski definition) is 2. The Morgan fingerprint density at radius 3 is 1.97 bits per heavy atom. The molecule has 1 aromatic heterocycles. The Bertz CT molecular complexity index is 1600. The van der Waals surface area contributed by atoms with Crippen LogP contribution in [0.4, 0.5) is 0 Å². The van der Waals surface area contributed by atoms with Crippen molar-refractivity contribution in [1.29, 1.82) is 0 Å². The van der Waals surface area contributed by atoms with Crippen molar-refractivity contribution < 1.29 is 10.2 Å². The summed E-state index contributed by atoms with van der Waals surface area (Å²) >= 11 is 0. The molecule has 2 N–H and O–H groups in total. The van der Waals surface area contributed by atoms with Crippen LogP contribution in [0, 0.1) is 0 Å². The van der Waals surface area contributed by atoms with Gasteiger partial charge in [-0.25, -0.2) is 0 Å². The third kappa shape index (κ3) is 2.53. The molecule has 0 unspecified atom stereocenters. The fraction of sp³-hybridized carbons (Fsp3) is 0. The van der Waals surface area contributed by atoms with E-state index in [4.69, 9.17) is 0 Å². The fourth-order valence-corrected chi connectivity index (χ4v) is 4.68. The molecule has 0 spiro atoms. The Labute approximate surface area is 179 Å². The zero-order chi connectivity index (χ0) is 20.9. The predicted octanol–water partition coefficient (Wildman–Crippen LogP) is 7.02. The van der Waals surface area contributed by atoms with Crippen LogP contribution in [0.1, 0.15) is 0 Å². The summed E-state index contributed by atoms with van der Waals surface area (Å²) in [5, 5.41) is 25.9. The number of aromatic hydroxyl groups is 2. The van der Waals surface area contributed by atoms with Gasteiger partial charge < -0.3 is 14.8 Å². The molecule has 0 amide bonds. The van der Waals surface area contributed by atoms with Gasteiger partial charge in [0, 0.05) is 27.6 Å². The van der Waals surface area contributed by atoms with Crippen LogP contribution in [0.5, 0.6) is 11.5 Å². The zero-order valence-corrected chi connectivity index (χ0v) is 16.7. The van der Waals surface area contributed by atoms with Crippen molar-refractivity contribution in [3.05, 3.63) is 103 Å². The number of aromatic nitrogens is 1. The van der Waals surface area contributed by atoms with E-state index < -0.39 is 0 Å². The average Bonchev–Trinajstić information content (AvgIpc) is 3.15. The Hall–Kier alpha value is -4.24. The normalized spacial score (nSPS) is 11.5. The molecule has 0 fully saturated rings. The van der Waals surface area contributed by atoms with Crippen molar-refractivity contribution in [3.8, 4) is 28.3 Å². The van der Waals surface area contributed by atoms with Crippen LogP contribution in [0.15, 0.2) is 103 Å². The first-order chi connectivity index (χ1) is 15.2. The molecule has 0 atom stereocenters. The van der Waals surface area contributed by atoms with E-state index in [2.05, 4.69) is 28.8 Å². The van der Waals surface area contributed by atoms with Gasteiger partial charge in [-0.3, -0.25) is 0 Å². The van der Waals surface area contributed by atoms with Crippen LogP contribution in [-0.2, 0) is 0 Å². The minimum absolute atomic E-state index is 0.148. The summed E-state index contributed by atoms with van der Waals surface area (Å²) in [6.07, 6.45) is 0. The van der Waals surface area contributed by atoms with Crippen LogP contribution in [0.3, 0.4) is 0 Å². The highest BCUT2D eigenvalue weighted by atomic mass is 16.3. The molecule has 6 aromatic rings. The first-order valence-electron chi connectivity index (χ1n) is 10.3. The Kier molecular flexibility index (Phi) is 3.77. The van der Waals surface area contributed by atoms with E-state index in [9.17, 15) is 10.2 Å². The molecule has 0 saturated carbocycles. The summed E-state index contributed by atoms with van der Waals surface area (Å²) in [6, 6.07) is 33.6. The molecule has 0 bridgehead atoms. The van der Waals surface area contributed by atoms with Crippen molar-refractivity contribution in [2.45, 2.75) is 0 Å². The Balaban J connectivity index is 1.85. The topological polar surface area (TPSA) is 45.4 Å². The smallest absolute Gasteiger partial charge is 0.124 e. The van der Waals surface area contributed by atoms with E-state index >= 15 is 0 Å². The van der Waals surface area contributed by atoms with Crippen LogP contribution < -0.4 is 0 Å². The number of hydrogen-bond acceptors (Lipinski definition) is 2. The second-order valence-corrected chi connectivity index (χ2v) is 7.72. The molecular weight excluding hydrogens is 382 g/mol. The van der Waals surface area contributed by atoms with E-state index in [-0.39, 0.29) is 11.5 Å². The lowest BCUT2D eigenvalue weighted by Crippen LogP contribution is -1.93. The predicted molar refractivity (Wildman–Crippen MR) is 127 cm³/mol. The Morgan fingerprint density at radius 1 is 0.484 bits per heavy atom. The lowest BCUT2D eigenvalue weighted by Gasteiger charge is -2.13. The molecule has 0 radical (unpaired) electrons. The maximum Gasteiger partial charge on any atom is 0.124 e. The van der Waals surface area contributed by atoms with Crippen molar-refractivity contribution in [1.82, 2.24) is 4.57 Å². The van der Waals surface area contributed by atoms with Crippen LogP contribution in [0.2, 0.25) is 0 Å². The molecule has 5 aromatic carbocycles. The number of benzene rings is 5. The molecule has 3 heteroatoms. The van der Waals surface area contributed by atoms with Gasteiger partial charge in [-0.15, -0.1) is 0 Å². The fourth-order valence-electron chi connectivity index (χ4n) is 4.68. The molecule has 1 heterocycles. The van der Waals surface area contributed by atoms with E-state index in [1.807, 2.05) is 66.7 Å². The molecule has 31 heavy (non-hydrogen) atoms. The van der Waals surface area contributed by atoms with Gasteiger partial charge in [0.1, 0.15) is 11.5 Å². The van der Waals surface area contributed by atoms with Gasteiger partial charge in [-0.2, -0.15) is 0 Å². The molecule has 3 nitrogen and oxygen atoms in total. The maximum absolute atomic E-state index is 11.1. The van der Waals surface area contributed by atoms with Gasteiger partial charge in [0.05, 0.1) is 11.0 Å². The summed E-state index contributed by atoms with van der Waals surface area (Å²) < 4.78 is 2.20. The van der Waals surface area contributed by atoms with Gasteiger partial charge in [-0.1, -0.05) is 66.7 Å². The maximum atomic E-state index is 11.1. The highest BCUT2D eigenvalue weighted by Gasteiger charge is 2.21. The van der Waals surface area contributed by atoms with Crippen molar-refractivity contribution in [2.24, 2.45) is 0 Å². The van der Waals surface area contributed by atoms with E-state index in [0.29, 0.717) is 11.1 Å². The summed E-state index contributed by atoms with van der Waals surface area (Å²) in [4.78, 5) is 0. The lowest BCUT2D eigenvalue weighted by molar-refractivity contribution is 0.470. The first kappa shape index (κ1) is 17.6. The van der Waals surface area contributed by atoms with Gasteiger partial charge in [-0.05, 0) is 47.2 Å². The van der Waals surface area contributed by atoms with Crippen molar-refractivity contribution >= 4 is 32.6 Å². The van der Waals surface area contributed by atoms with Gasteiger partial charge in [0.25, 0.3) is 0 Å². The number of phenols is 2. The molecule has 0 saturated heterocycles. The second-order valence-electron chi connectivity index (χ2n) is 7.72. The van der Waals surface area contributed by atoms with Gasteiger partial charge in [0.2, 0.25) is 0 Å². The van der Waals surface area contributed by atoms with E-state index in [0.717, 1.165) is 38.3 Å². The summed E-state index contributed by atoms with van der Waals surface area (Å²) in [7, 11) is 0. The van der Waals surface area contributed by atoms with Crippen LogP contribution in [-0.4, -0.2) is 14.8 Å². The van der Waals surface area contributed by atoms with Crippen molar-refractivity contribution in [2.75, 3.05) is 0 Å². The largest absolute Gasteiger partial charge is 0.507 e. The third-order valence-electron chi connectivity index (χ3n) is 5.99. The second kappa shape index (κ2) is 6.64. The molecule has 0 aliphatic rings. The molecular formula is C28H19NO2. The molecule has 0 aliphatic carbocycles. The van der Waals surface area contributed by atoms with Crippen molar-refractivity contribution in [3.63, 3.8) is 0 Å². The third-order valence-corrected chi connectivity index (χ3v) is 5.99. The highest BCUT2D eigenvalue weighted by Crippen LogP contribution is 2.47. The number of fused-ring (bicyclic) bond motifs is 4. The monoisotopic (exact) mass is 401 g/mol. The highest BCUT2D eigenvalue weighted by molar-refractivity contribution is 6.20. The van der Waals surface area contributed by atoms with Gasteiger partial charge in [0.15, 0.2) is 0 Å². The number of phenolic OH excluding ortho intramolecular Hbond substituents is 2. The number of rotatable bonds is 2. The number of para-hydroxylation sites is 2. The first-order valence-corrected chi connectivity index (χ1v) is 10.3. The minimum Gasteiger partial charge on any atom is -0.507 e. The van der Waals surface area contributed by atoms with Crippen LogP contribution in [0.25, 0.3) is 49.4 Å². The van der Waals surface area contributed by atoms with E-state index in [1.165, 1.54) is 0 Å². The zero-order valence-electron chi connectivity index (χ0n) is 16.7. The van der Waals surface area contributed by atoms with Crippen LogP contribution >= 0.6 is 0 Å². The number of nitrogens with zero attached hydrogens (tertiary/aromatic N) is 1. The molecule has 148 valence electrons. The quantitative estimate of drug-likeness (QED) is 0.328. The van der Waals surface area contributed by atoms with Gasteiger partial charge >= 0.3 is 0 Å². The Morgan fingerprint density at radius 2 is 1.13 bits per heavy atom. The molecule has 0 aliphatic heterocycles. The summed E-state index contributed by atoms with van der Waals surface area (Å²) in [6.45, 7) is 0. The minimum atomic E-state index is 0.148. The average molecular weight is 401 g/mol. The van der Waals surface area contributed by atoms with E-state index in [1.54, 1.807) is 12.1 Å².